The minimum absolute atomic E-state index is 0.00545. The minimum atomic E-state index is -6.00. The van der Waals surface area contributed by atoms with E-state index in [4.69, 9.17) is 9.47 Å². The normalized spacial score (nSPS) is 17.4. The van der Waals surface area contributed by atoms with Gasteiger partial charge in [0.1, 0.15) is 28.7 Å². The summed E-state index contributed by atoms with van der Waals surface area (Å²) in [7, 11) is -7.42. The summed E-state index contributed by atoms with van der Waals surface area (Å²) < 4.78 is 90.0. The van der Waals surface area contributed by atoms with Crippen molar-refractivity contribution in [2.45, 2.75) is 23.0 Å². The highest BCUT2D eigenvalue weighted by Crippen LogP contribution is 2.30. The van der Waals surface area contributed by atoms with E-state index in [1.165, 1.54) is 25.3 Å². The number of esters is 2. The first-order valence-electron chi connectivity index (χ1n) is 10.7. The van der Waals surface area contributed by atoms with Gasteiger partial charge in [-0.1, -0.05) is 18.2 Å². The molecule has 3 rings (SSSR count). The number of carbonyl (C=O) groups excluding carboxylic acids is 2. The van der Waals surface area contributed by atoms with Gasteiger partial charge in [0.2, 0.25) is 0 Å². The second kappa shape index (κ2) is 14.2. The second-order valence-corrected chi connectivity index (χ2v) is 12.4. The van der Waals surface area contributed by atoms with Gasteiger partial charge in [-0.3, -0.25) is 0 Å². The molecule has 0 aliphatic carbocycles. The molecule has 0 fully saturated rings. The summed E-state index contributed by atoms with van der Waals surface area (Å²) in [5, 5.41) is 0. The van der Waals surface area contributed by atoms with Crippen LogP contribution in [0.2, 0.25) is 0 Å². The molecule has 0 amide bonds. The van der Waals surface area contributed by atoms with E-state index >= 15 is 0 Å². The van der Waals surface area contributed by atoms with E-state index < -0.39 is 20.5 Å². The summed E-state index contributed by atoms with van der Waals surface area (Å²) in [6.45, 7) is 0. The molecule has 1 aromatic heterocycles. The molecular formula is C21H27B2F8NO4S2. The quantitative estimate of drug-likeness (QED) is 0.202. The van der Waals surface area contributed by atoms with E-state index in [1.807, 2.05) is 11.6 Å². The van der Waals surface area contributed by atoms with Gasteiger partial charge >= 0.3 is 26.4 Å². The summed E-state index contributed by atoms with van der Waals surface area (Å²) in [6, 6.07) is 8.75. The van der Waals surface area contributed by atoms with E-state index in [0.717, 1.165) is 22.8 Å². The van der Waals surface area contributed by atoms with Gasteiger partial charge in [0.15, 0.2) is 0 Å². The zero-order valence-electron chi connectivity index (χ0n) is 21.2. The van der Waals surface area contributed by atoms with Crippen LogP contribution in [0.25, 0.3) is 0 Å². The molecule has 4 bridgehead atoms. The molecule has 0 saturated heterocycles. The monoisotopic (exact) mass is 595 g/mol. The minimum Gasteiger partial charge on any atom is -0.465 e. The lowest BCUT2D eigenvalue weighted by Gasteiger charge is -2.11. The highest BCUT2D eigenvalue weighted by molar-refractivity contribution is 7.95. The number of benzene rings is 1. The Morgan fingerprint density at radius 3 is 1.63 bits per heavy atom. The maximum Gasteiger partial charge on any atom is 0.673 e. The van der Waals surface area contributed by atoms with E-state index in [1.54, 1.807) is 0 Å². The van der Waals surface area contributed by atoms with Crippen molar-refractivity contribution in [2.75, 3.05) is 26.7 Å². The van der Waals surface area contributed by atoms with Gasteiger partial charge in [-0.15, -0.1) is 0 Å². The number of ether oxygens (including phenoxy) is 2. The average Bonchev–Trinajstić information content (AvgIpc) is 3.00. The lowest BCUT2D eigenvalue weighted by molar-refractivity contribution is 0.0587. The molecule has 17 heteroatoms. The van der Waals surface area contributed by atoms with Crippen LogP contribution in [0.4, 0.5) is 34.5 Å². The van der Waals surface area contributed by atoms with Crippen LogP contribution in [0.5, 0.6) is 0 Å². The average molecular weight is 595 g/mol. The van der Waals surface area contributed by atoms with Crippen molar-refractivity contribution in [1.29, 1.82) is 0 Å². The molecule has 0 spiro atoms. The van der Waals surface area contributed by atoms with Crippen LogP contribution < -0.4 is 0 Å². The summed E-state index contributed by atoms with van der Waals surface area (Å²) in [5.74, 6) is 2.44. The highest BCUT2D eigenvalue weighted by Gasteiger charge is 2.36. The fraction of sp³-hybridized carbons (Fsp3) is 0.429. The van der Waals surface area contributed by atoms with E-state index in [2.05, 4.69) is 36.8 Å². The summed E-state index contributed by atoms with van der Waals surface area (Å²) in [6.07, 6.45) is 4.38. The van der Waals surface area contributed by atoms with Gasteiger partial charge < -0.3 is 48.6 Å². The molecule has 1 aliphatic rings. The topological polar surface area (TPSA) is 57.5 Å². The lowest BCUT2D eigenvalue weighted by atomic mass is 10.1. The number of hydrogen-bond acceptors (Lipinski definition) is 4. The van der Waals surface area contributed by atoms with Gasteiger partial charge in [0.05, 0.1) is 38.0 Å². The highest BCUT2D eigenvalue weighted by atomic mass is 32.2. The number of aromatic nitrogens is 1. The Labute approximate surface area is 221 Å². The maximum atomic E-state index is 12.7. The standard InChI is InChI=1S/C21H27NO4S2.2BF4/c1-22-17-13-28(5)11-15-8-6-7-14(9-15)10-27(4)12-16(18(17)20(23)25-2)19(22)21(24)26-3;2*2-1(3,4)5/h6-9H,10-13H2,1-5H3;;/q+2;2*-1. The molecule has 2 heterocycles. The number of hydrogen-bond donors (Lipinski definition) is 0. The van der Waals surface area contributed by atoms with Gasteiger partial charge in [-0.2, -0.15) is 0 Å². The SMILES string of the molecule is COC(=O)c1c2c(C(=O)OC)n(C)c1C[S+](C)Cc1cccc(c1)C[S+](C)C2.F[B-](F)(F)F.F[B-](F)(F)F. The van der Waals surface area contributed by atoms with Crippen LogP contribution in [-0.2, 0) is 61.3 Å². The first kappa shape index (κ1) is 33.7. The fourth-order valence-electron chi connectivity index (χ4n) is 3.77. The zero-order chi connectivity index (χ0) is 29.4. The van der Waals surface area contributed by atoms with Crippen LogP contribution >= 0.6 is 0 Å². The van der Waals surface area contributed by atoms with Gasteiger partial charge in [0, 0.05) is 23.7 Å². The van der Waals surface area contributed by atoms with Crippen molar-refractivity contribution in [3.8, 4) is 0 Å². The van der Waals surface area contributed by atoms with Crippen molar-refractivity contribution in [3.63, 3.8) is 0 Å². The Morgan fingerprint density at radius 2 is 1.21 bits per heavy atom. The number of fused-ring (bicyclic) bond motifs is 4. The van der Waals surface area contributed by atoms with E-state index in [9.17, 15) is 44.1 Å². The third-order valence-electron chi connectivity index (χ3n) is 4.98. The van der Waals surface area contributed by atoms with Crippen molar-refractivity contribution in [2.24, 2.45) is 7.05 Å². The second-order valence-electron chi connectivity index (χ2n) is 8.14. The Hall–Kier alpha value is -2.29. The van der Waals surface area contributed by atoms with Crippen LogP contribution in [0.3, 0.4) is 0 Å². The number of nitrogens with zero attached hydrogens (tertiary/aromatic N) is 1. The Bertz CT molecular complexity index is 1090. The smallest absolute Gasteiger partial charge is 0.465 e. The zero-order valence-corrected chi connectivity index (χ0v) is 22.8. The van der Waals surface area contributed by atoms with E-state index in [-0.39, 0.29) is 27.8 Å². The predicted octanol–water partition coefficient (Wildman–Crippen LogP) is 5.41. The Kier molecular flexibility index (Phi) is 12.6. The molecule has 0 N–H and O–H groups in total. The van der Waals surface area contributed by atoms with Gasteiger partial charge in [0.25, 0.3) is 0 Å². The van der Waals surface area contributed by atoms with Crippen molar-refractivity contribution in [3.05, 3.63) is 57.9 Å². The third kappa shape index (κ3) is 11.6. The molecule has 0 saturated carbocycles. The summed E-state index contributed by atoms with van der Waals surface area (Å²) in [4.78, 5) is 25.3. The molecule has 38 heavy (non-hydrogen) atoms. The number of rotatable bonds is 2. The van der Waals surface area contributed by atoms with E-state index in [0.29, 0.717) is 22.8 Å². The fourth-order valence-corrected chi connectivity index (χ4v) is 7.05. The Balaban J connectivity index is 0.000000616. The number of methoxy groups -OCH3 is 2. The first-order valence-corrected chi connectivity index (χ1v) is 14.7. The number of halogens is 8. The lowest BCUT2D eigenvalue weighted by Crippen LogP contribution is -2.16. The van der Waals surface area contributed by atoms with Crippen LogP contribution in [0, 0.1) is 0 Å². The molecule has 1 aromatic carbocycles. The molecule has 0 radical (unpaired) electrons. The summed E-state index contributed by atoms with van der Waals surface area (Å²) >= 11 is 0. The van der Waals surface area contributed by atoms with Crippen LogP contribution in [-0.4, -0.2) is 57.7 Å². The molecule has 1 aliphatic heterocycles. The summed E-state index contributed by atoms with van der Waals surface area (Å²) in [5.41, 5.74) is 5.27. The van der Waals surface area contributed by atoms with Crippen LogP contribution in [0.15, 0.2) is 24.3 Å². The van der Waals surface area contributed by atoms with Gasteiger partial charge in [-0.25, -0.2) is 9.59 Å². The predicted molar refractivity (Wildman–Crippen MR) is 136 cm³/mol. The van der Waals surface area contributed by atoms with Crippen LogP contribution in [0.1, 0.15) is 43.2 Å². The molecule has 2 atom stereocenters. The van der Waals surface area contributed by atoms with Crippen molar-refractivity contribution >= 4 is 48.2 Å². The maximum absolute atomic E-state index is 12.7. The number of carbonyl (C=O) groups is 2. The Morgan fingerprint density at radius 1 is 0.789 bits per heavy atom. The molecule has 2 aromatic rings. The van der Waals surface area contributed by atoms with Crippen molar-refractivity contribution < 1.29 is 53.6 Å². The first-order chi connectivity index (χ1) is 17.3. The van der Waals surface area contributed by atoms with Gasteiger partial charge in [-0.05, 0) is 27.9 Å². The van der Waals surface area contributed by atoms with Crippen molar-refractivity contribution in [1.82, 2.24) is 4.57 Å². The molecule has 5 nitrogen and oxygen atoms in total. The molecular weight excluding hydrogens is 568 g/mol. The molecule has 214 valence electrons. The molecule has 2 unspecified atom stereocenters. The third-order valence-corrected chi connectivity index (χ3v) is 8.18. The largest absolute Gasteiger partial charge is 0.673 e.